The van der Waals surface area contributed by atoms with Gasteiger partial charge in [-0.2, -0.15) is 0 Å². The molecular weight excluding hydrogens is 354 g/mol. The van der Waals surface area contributed by atoms with Gasteiger partial charge in [0.15, 0.2) is 0 Å². The van der Waals surface area contributed by atoms with Gasteiger partial charge in [-0.15, -0.1) is 0 Å². The maximum absolute atomic E-state index is 12.4. The van der Waals surface area contributed by atoms with Crippen LogP contribution in [0.2, 0.25) is 0 Å². The summed E-state index contributed by atoms with van der Waals surface area (Å²) in [5.41, 5.74) is 2.96. The van der Waals surface area contributed by atoms with Crippen LogP contribution in [0, 0.1) is 6.92 Å². The molecule has 3 aromatic rings. The Labute approximate surface area is 143 Å². The van der Waals surface area contributed by atoms with Crippen LogP contribution in [0.4, 0.5) is 0 Å². The Kier molecular flexibility index (Phi) is 4.48. The zero-order valence-electron chi connectivity index (χ0n) is 13.1. The number of nitrogens with zero attached hydrogens (tertiary/aromatic N) is 2. The van der Waals surface area contributed by atoms with Gasteiger partial charge in [0.1, 0.15) is 12.4 Å². The van der Waals surface area contributed by atoms with E-state index < -0.39 is 0 Å². The fourth-order valence-corrected chi connectivity index (χ4v) is 3.36. The van der Waals surface area contributed by atoms with Crippen LogP contribution in [0.15, 0.2) is 53.0 Å². The molecule has 1 atom stereocenters. The van der Waals surface area contributed by atoms with Crippen molar-refractivity contribution in [3.05, 3.63) is 64.4 Å². The van der Waals surface area contributed by atoms with Crippen LogP contribution in [0.25, 0.3) is 11.0 Å². The number of imidazole rings is 1. The van der Waals surface area contributed by atoms with E-state index in [2.05, 4.69) is 26.2 Å². The smallest absolute Gasteiger partial charge is 0.240 e. The molecule has 1 N–H and O–H groups in total. The molecule has 5 heteroatoms. The van der Waals surface area contributed by atoms with E-state index in [9.17, 15) is 4.79 Å². The van der Waals surface area contributed by atoms with E-state index in [0.717, 1.165) is 26.9 Å². The molecule has 0 spiro atoms. The Morgan fingerprint density at radius 1 is 1.22 bits per heavy atom. The molecule has 0 aliphatic heterocycles. The Hall–Kier alpha value is -2.14. The molecule has 1 heterocycles. The summed E-state index contributed by atoms with van der Waals surface area (Å²) in [6, 6.07) is 15.7. The third-order valence-corrected chi connectivity index (χ3v) is 4.62. The normalized spacial score (nSPS) is 12.3. The van der Waals surface area contributed by atoms with E-state index >= 15 is 0 Å². The first-order valence-corrected chi connectivity index (χ1v) is 8.31. The van der Waals surface area contributed by atoms with Gasteiger partial charge in [0, 0.05) is 4.47 Å². The molecule has 0 fully saturated rings. The summed E-state index contributed by atoms with van der Waals surface area (Å²) in [4.78, 5) is 16.9. The van der Waals surface area contributed by atoms with Crippen molar-refractivity contribution >= 4 is 32.9 Å². The Morgan fingerprint density at radius 3 is 2.70 bits per heavy atom. The molecule has 1 amide bonds. The van der Waals surface area contributed by atoms with Crippen LogP contribution in [-0.2, 0) is 11.3 Å². The number of aromatic nitrogens is 2. The topological polar surface area (TPSA) is 46.9 Å². The lowest BCUT2D eigenvalue weighted by molar-refractivity contribution is -0.122. The fourth-order valence-electron chi connectivity index (χ4n) is 2.73. The van der Waals surface area contributed by atoms with Crippen molar-refractivity contribution in [2.24, 2.45) is 0 Å². The third kappa shape index (κ3) is 3.29. The average molecular weight is 372 g/mol. The summed E-state index contributed by atoms with van der Waals surface area (Å²) in [6.45, 7) is 4.17. The van der Waals surface area contributed by atoms with Crippen molar-refractivity contribution in [1.82, 2.24) is 14.9 Å². The summed E-state index contributed by atoms with van der Waals surface area (Å²) in [5, 5.41) is 3.05. The first kappa shape index (κ1) is 15.7. The van der Waals surface area contributed by atoms with Gasteiger partial charge in [0.2, 0.25) is 5.91 Å². The lowest BCUT2D eigenvalue weighted by Gasteiger charge is -2.16. The highest BCUT2D eigenvalue weighted by Crippen LogP contribution is 2.23. The minimum atomic E-state index is -0.0619. The number of para-hydroxylation sites is 2. The second kappa shape index (κ2) is 6.54. The number of aryl methyl sites for hydroxylation is 1. The van der Waals surface area contributed by atoms with Gasteiger partial charge >= 0.3 is 0 Å². The zero-order chi connectivity index (χ0) is 16.4. The largest absolute Gasteiger partial charge is 0.348 e. The van der Waals surface area contributed by atoms with Gasteiger partial charge in [0.25, 0.3) is 0 Å². The second-order valence-corrected chi connectivity index (χ2v) is 6.40. The molecule has 4 nitrogen and oxygen atoms in total. The summed E-state index contributed by atoms with van der Waals surface area (Å²) in [5.74, 6) is 0.814. The minimum absolute atomic E-state index is 0.0282. The summed E-state index contributed by atoms with van der Waals surface area (Å²) < 4.78 is 2.94. The highest BCUT2D eigenvalue weighted by molar-refractivity contribution is 9.10. The number of hydrogen-bond donors (Lipinski definition) is 1. The van der Waals surface area contributed by atoms with E-state index in [1.165, 1.54) is 0 Å². The Balaban J connectivity index is 1.76. The maximum Gasteiger partial charge on any atom is 0.240 e. The van der Waals surface area contributed by atoms with Gasteiger partial charge in [0.05, 0.1) is 17.1 Å². The Bertz CT molecular complexity index is 856. The molecular formula is C18H18BrN3O. The molecule has 0 aliphatic rings. The van der Waals surface area contributed by atoms with Gasteiger partial charge in [-0.3, -0.25) is 4.79 Å². The van der Waals surface area contributed by atoms with Crippen molar-refractivity contribution in [1.29, 1.82) is 0 Å². The second-order valence-electron chi connectivity index (χ2n) is 5.54. The number of halogens is 1. The summed E-state index contributed by atoms with van der Waals surface area (Å²) in [7, 11) is 0. The van der Waals surface area contributed by atoms with E-state index in [-0.39, 0.29) is 18.5 Å². The lowest BCUT2D eigenvalue weighted by atomic mass is 10.1. The van der Waals surface area contributed by atoms with Gasteiger partial charge in [-0.25, -0.2) is 4.98 Å². The zero-order valence-corrected chi connectivity index (χ0v) is 14.7. The monoisotopic (exact) mass is 371 g/mol. The number of amides is 1. The average Bonchev–Trinajstić information content (AvgIpc) is 2.83. The van der Waals surface area contributed by atoms with E-state index in [1.807, 2.05) is 66.9 Å². The number of nitrogens with one attached hydrogen (secondary N) is 1. The third-order valence-electron chi connectivity index (χ3n) is 3.90. The van der Waals surface area contributed by atoms with Crippen LogP contribution in [0.1, 0.15) is 24.4 Å². The van der Waals surface area contributed by atoms with Crippen molar-refractivity contribution in [2.45, 2.75) is 26.4 Å². The van der Waals surface area contributed by atoms with E-state index in [0.29, 0.717) is 0 Å². The fraction of sp³-hybridized carbons (Fsp3) is 0.222. The van der Waals surface area contributed by atoms with Crippen molar-refractivity contribution in [3.63, 3.8) is 0 Å². The number of benzene rings is 2. The number of fused-ring (bicyclic) bond motifs is 1. The standard InChI is InChI=1S/C18H18BrN3O/c1-12(14-7-3-4-8-15(14)19)20-18(23)11-22-13(2)21-16-9-5-6-10-17(16)22/h3-10,12H,11H2,1-2H3,(H,20,23). The van der Waals surface area contributed by atoms with Gasteiger partial charge < -0.3 is 9.88 Å². The molecule has 0 saturated carbocycles. The minimum Gasteiger partial charge on any atom is -0.348 e. The highest BCUT2D eigenvalue weighted by atomic mass is 79.9. The molecule has 0 saturated heterocycles. The van der Waals surface area contributed by atoms with Gasteiger partial charge in [-0.1, -0.05) is 46.3 Å². The molecule has 118 valence electrons. The lowest BCUT2D eigenvalue weighted by Crippen LogP contribution is -2.30. The van der Waals surface area contributed by atoms with Crippen molar-refractivity contribution in [3.8, 4) is 0 Å². The van der Waals surface area contributed by atoms with Gasteiger partial charge in [-0.05, 0) is 37.6 Å². The molecule has 1 aromatic heterocycles. The quantitative estimate of drug-likeness (QED) is 0.753. The number of carbonyl (C=O) groups is 1. The van der Waals surface area contributed by atoms with Crippen LogP contribution in [0.5, 0.6) is 0 Å². The maximum atomic E-state index is 12.4. The summed E-state index contributed by atoms with van der Waals surface area (Å²) >= 11 is 3.53. The van der Waals surface area contributed by atoms with E-state index in [4.69, 9.17) is 0 Å². The van der Waals surface area contributed by atoms with Crippen molar-refractivity contribution in [2.75, 3.05) is 0 Å². The molecule has 1 unspecified atom stereocenters. The van der Waals surface area contributed by atoms with Crippen molar-refractivity contribution < 1.29 is 4.79 Å². The van der Waals surface area contributed by atoms with Crippen LogP contribution in [-0.4, -0.2) is 15.5 Å². The Morgan fingerprint density at radius 2 is 1.91 bits per heavy atom. The molecule has 3 rings (SSSR count). The number of hydrogen-bond acceptors (Lipinski definition) is 2. The number of carbonyl (C=O) groups excluding carboxylic acids is 1. The predicted octanol–water partition coefficient (Wildman–Crippen LogP) is 3.98. The molecule has 0 radical (unpaired) electrons. The predicted molar refractivity (Wildman–Crippen MR) is 95.2 cm³/mol. The molecule has 2 aromatic carbocycles. The first-order chi connectivity index (χ1) is 11.1. The highest BCUT2D eigenvalue weighted by Gasteiger charge is 2.14. The van der Waals surface area contributed by atoms with Crippen LogP contribution >= 0.6 is 15.9 Å². The molecule has 23 heavy (non-hydrogen) atoms. The summed E-state index contributed by atoms with van der Waals surface area (Å²) in [6.07, 6.45) is 0. The molecule has 0 aliphatic carbocycles. The molecule has 0 bridgehead atoms. The van der Waals surface area contributed by atoms with E-state index in [1.54, 1.807) is 0 Å². The van der Waals surface area contributed by atoms with Crippen LogP contribution in [0.3, 0.4) is 0 Å². The first-order valence-electron chi connectivity index (χ1n) is 7.52. The van der Waals surface area contributed by atoms with Crippen LogP contribution < -0.4 is 5.32 Å². The number of rotatable bonds is 4. The SMILES string of the molecule is Cc1nc2ccccc2n1CC(=O)NC(C)c1ccccc1Br.